The van der Waals surface area contributed by atoms with E-state index in [9.17, 15) is 14.7 Å². The van der Waals surface area contributed by atoms with E-state index in [4.69, 9.17) is 14.2 Å². The van der Waals surface area contributed by atoms with Gasteiger partial charge in [-0.05, 0) is 57.9 Å². The van der Waals surface area contributed by atoms with Crippen LogP contribution in [0.4, 0.5) is 10.6 Å². The first-order valence-electron chi connectivity index (χ1n) is 11.3. The summed E-state index contributed by atoms with van der Waals surface area (Å²) >= 11 is 0. The number of carbonyl (C=O) groups excluding carboxylic acids is 1. The number of aromatic carboxylic acids is 1. The molecule has 190 valence electrons. The Morgan fingerprint density at radius 3 is 2.36 bits per heavy atom. The van der Waals surface area contributed by atoms with Crippen molar-refractivity contribution < 1.29 is 28.9 Å². The molecule has 0 bridgehead atoms. The molecular weight excluding hydrogens is 462 g/mol. The van der Waals surface area contributed by atoms with Crippen LogP contribution >= 0.6 is 0 Å². The first-order valence-corrected chi connectivity index (χ1v) is 11.3. The van der Waals surface area contributed by atoms with E-state index >= 15 is 0 Å². The molecule has 0 aliphatic rings. The number of ether oxygens (including phenoxy) is 3. The number of nitrogens with zero attached hydrogens (tertiary/aromatic N) is 3. The van der Waals surface area contributed by atoms with Crippen molar-refractivity contribution in [2.24, 2.45) is 0 Å². The van der Waals surface area contributed by atoms with Gasteiger partial charge in [0.05, 0.1) is 32.0 Å². The summed E-state index contributed by atoms with van der Waals surface area (Å²) < 4.78 is 16.6. The number of methoxy groups -OCH3 is 2. The minimum atomic E-state index is -1.07. The van der Waals surface area contributed by atoms with Crippen LogP contribution in [0, 0.1) is 13.8 Å². The lowest BCUT2D eigenvalue weighted by Crippen LogP contribution is -2.37. The molecule has 1 amide bonds. The lowest BCUT2D eigenvalue weighted by Gasteiger charge is -2.27. The highest BCUT2D eigenvalue weighted by Crippen LogP contribution is 2.32. The van der Waals surface area contributed by atoms with Crippen LogP contribution in [0.5, 0.6) is 11.6 Å². The molecule has 36 heavy (non-hydrogen) atoms. The van der Waals surface area contributed by atoms with Gasteiger partial charge in [0.1, 0.15) is 17.2 Å². The van der Waals surface area contributed by atoms with Gasteiger partial charge in [-0.1, -0.05) is 18.2 Å². The van der Waals surface area contributed by atoms with E-state index < -0.39 is 17.7 Å². The van der Waals surface area contributed by atoms with Crippen LogP contribution in [0.15, 0.2) is 42.6 Å². The molecule has 1 N–H and O–H groups in total. The van der Waals surface area contributed by atoms with Crippen LogP contribution in [0.25, 0.3) is 11.1 Å². The summed E-state index contributed by atoms with van der Waals surface area (Å²) in [7, 11) is 3.04. The number of amides is 1. The van der Waals surface area contributed by atoms with E-state index in [0.29, 0.717) is 22.6 Å². The quantitative estimate of drug-likeness (QED) is 0.465. The summed E-state index contributed by atoms with van der Waals surface area (Å²) in [5, 5.41) is 9.69. The van der Waals surface area contributed by atoms with Gasteiger partial charge in [-0.25, -0.2) is 9.59 Å². The van der Waals surface area contributed by atoms with Crippen LogP contribution in [0.1, 0.15) is 48.0 Å². The molecule has 0 saturated heterocycles. The minimum absolute atomic E-state index is 0.0393. The molecule has 2 aromatic heterocycles. The molecular formula is C27H31N3O6. The number of carboxylic acid groups (broad SMARTS) is 1. The predicted octanol–water partition coefficient (Wildman–Crippen LogP) is 5.42. The van der Waals surface area contributed by atoms with Crippen molar-refractivity contribution in [2.45, 2.75) is 46.8 Å². The van der Waals surface area contributed by atoms with Gasteiger partial charge in [0.15, 0.2) is 0 Å². The standard InChI is InChI=1S/C27H31N3O6/c1-16-14-28-21(17(2)24(16)35-7)15-30(26(33)36-27(3,4)5)22-12-18(13-23(29-22)34-6)19-10-8-9-11-20(19)25(31)32/h8-14H,15H2,1-7H3,(H,31,32). The van der Waals surface area contributed by atoms with Crippen molar-refractivity contribution in [1.82, 2.24) is 9.97 Å². The van der Waals surface area contributed by atoms with Crippen molar-refractivity contribution in [1.29, 1.82) is 0 Å². The van der Waals surface area contributed by atoms with Gasteiger partial charge < -0.3 is 19.3 Å². The third-order valence-corrected chi connectivity index (χ3v) is 5.41. The summed E-state index contributed by atoms with van der Waals surface area (Å²) in [4.78, 5) is 35.6. The lowest BCUT2D eigenvalue weighted by molar-refractivity contribution is 0.0574. The van der Waals surface area contributed by atoms with E-state index in [1.807, 2.05) is 13.8 Å². The Balaban J connectivity index is 2.18. The molecule has 9 heteroatoms. The number of hydrogen-bond acceptors (Lipinski definition) is 7. The molecule has 1 aromatic carbocycles. The summed E-state index contributed by atoms with van der Waals surface area (Å²) in [6, 6.07) is 9.86. The molecule has 0 saturated carbocycles. The van der Waals surface area contributed by atoms with Crippen LogP contribution in [-0.2, 0) is 11.3 Å². The normalized spacial score (nSPS) is 11.1. The second kappa shape index (κ2) is 10.6. The van der Waals surface area contributed by atoms with Gasteiger partial charge in [-0.3, -0.25) is 9.88 Å². The maximum absolute atomic E-state index is 13.4. The third-order valence-electron chi connectivity index (χ3n) is 5.41. The fraction of sp³-hybridized carbons (Fsp3) is 0.333. The second-order valence-corrected chi connectivity index (χ2v) is 9.22. The maximum atomic E-state index is 13.4. The number of rotatable bonds is 7. The van der Waals surface area contributed by atoms with Gasteiger partial charge >= 0.3 is 12.1 Å². The topological polar surface area (TPSA) is 111 Å². The highest BCUT2D eigenvalue weighted by atomic mass is 16.6. The zero-order chi connectivity index (χ0) is 26.6. The van der Waals surface area contributed by atoms with Crippen molar-refractivity contribution in [3.8, 4) is 22.8 Å². The molecule has 0 aliphatic heterocycles. The van der Waals surface area contributed by atoms with E-state index in [-0.39, 0.29) is 23.8 Å². The number of carbonyl (C=O) groups is 2. The van der Waals surface area contributed by atoms with Crippen LogP contribution in [0.2, 0.25) is 0 Å². The van der Waals surface area contributed by atoms with Gasteiger partial charge in [0.25, 0.3) is 0 Å². The number of anilines is 1. The van der Waals surface area contributed by atoms with E-state index in [0.717, 1.165) is 11.1 Å². The number of carboxylic acids is 1. The first-order chi connectivity index (χ1) is 16.9. The molecule has 0 spiro atoms. The Morgan fingerprint density at radius 2 is 1.75 bits per heavy atom. The molecule has 0 radical (unpaired) electrons. The lowest BCUT2D eigenvalue weighted by atomic mass is 10.0. The van der Waals surface area contributed by atoms with Crippen molar-refractivity contribution in [3.05, 3.63) is 65.0 Å². The Labute approximate surface area is 210 Å². The number of aromatic nitrogens is 2. The Morgan fingerprint density at radius 1 is 1.06 bits per heavy atom. The van der Waals surface area contributed by atoms with E-state index in [1.165, 1.54) is 18.1 Å². The Kier molecular flexibility index (Phi) is 7.82. The number of pyridine rings is 2. The summed E-state index contributed by atoms with van der Waals surface area (Å²) in [5.41, 5.74) is 2.58. The van der Waals surface area contributed by atoms with Crippen LogP contribution < -0.4 is 14.4 Å². The average molecular weight is 494 g/mol. The SMILES string of the molecule is COc1cc(-c2ccccc2C(=O)O)cc(N(Cc2ncc(C)c(OC)c2C)C(=O)OC(C)(C)C)n1. The van der Waals surface area contributed by atoms with Gasteiger partial charge in [0, 0.05) is 23.4 Å². The maximum Gasteiger partial charge on any atom is 0.416 e. The van der Waals surface area contributed by atoms with Crippen molar-refractivity contribution >= 4 is 17.9 Å². The predicted molar refractivity (Wildman–Crippen MR) is 136 cm³/mol. The monoisotopic (exact) mass is 493 g/mol. The van der Waals surface area contributed by atoms with Gasteiger partial charge in [0.2, 0.25) is 5.88 Å². The molecule has 0 unspecified atom stereocenters. The van der Waals surface area contributed by atoms with Crippen LogP contribution in [0.3, 0.4) is 0 Å². The van der Waals surface area contributed by atoms with Gasteiger partial charge in [-0.15, -0.1) is 0 Å². The highest BCUT2D eigenvalue weighted by Gasteiger charge is 2.27. The summed E-state index contributed by atoms with van der Waals surface area (Å²) in [6.45, 7) is 9.12. The fourth-order valence-electron chi connectivity index (χ4n) is 3.75. The number of hydrogen-bond donors (Lipinski definition) is 1. The summed E-state index contributed by atoms with van der Waals surface area (Å²) in [6.07, 6.45) is 1.04. The Bertz CT molecular complexity index is 1280. The zero-order valence-corrected chi connectivity index (χ0v) is 21.6. The van der Waals surface area contributed by atoms with Crippen molar-refractivity contribution in [2.75, 3.05) is 19.1 Å². The van der Waals surface area contributed by atoms with Gasteiger partial charge in [-0.2, -0.15) is 4.98 Å². The molecule has 3 aromatic rings. The van der Waals surface area contributed by atoms with Crippen LogP contribution in [-0.4, -0.2) is 47.0 Å². The smallest absolute Gasteiger partial charge is 0.416 e. The average Bonchev–Trinajstić information content (AvgIpc) is 2.82. The molecule has 2 heterocycles. The zero-order valence-electron chi connectivity index (χ0n) is 21.6. The molecule has 0 fully saturated rings. The Hall–Kier alpha value is -4.14. The molecule has 0 atom stereocenters. The first kappa shape index (κ1) is 26.5. The second-order valence-electron chi connectivity index (χ2n) is 9.22. The number of benzene rings is 1. The fourth-order valence-corrected chi connectivity index (χ4v) is 3.75. The highest BCUT2D eigenvalue weighted by molar-refractivity contribution is 5.97. The molecule has 3 rings (SSSR count). The van der Waals surface area contributed by atoms with Crippen molar-refractivity contribution in [3.63, 3.8) is 0 Å². The molecule has 0 aliphatic carbocycles. The largest absolute Gasteiger partial charge is 0.496 e. The summed E-state index contributed by atoms with van der Waals surface area (Å²) in [5.74, 6) is 0.0410. The third kappa shape index (κ3) is 5.91. The van der Waals surface area contributed by atoms with E-state index in [1.54, 1.807) is 64.4 Å². The minimum Gasteiger partial charge on any atom is -0.496 e. The van der Waals surface area contributed by atoms with E-state index in [2.05, 4.69) is 9.97 Å². The number of aryl methyl sites for hydroxylation is 1. The molecule has 9 nitrogen and oxygen atoms in total.